The Morgan fingerprint density at radius 2 is 2.08 bits per heavy atom. The SMILES string of the molecule is C=CCN(CC(=O)Nc1cc(C)on1)C(=O)Nc1ccc(F)cc1F. The van der Waals surface area contributed by atoms with Crippen LogP contribution in [-0.4, -0.2) is 35.1 Å². The van der Waals surface area contributed by atoms with Crippen molar-refractivity contribution in [1.29, 1.82) is 0 Å². The van der Waals surface area contributed by atoms with Gasteiger partial charge in [0.05, 0.1) is 5.69 Å². The van der Waals surface area contributed by atoms with E-state index in [1.54, 1.807) is 6.92 Å². The third kappa shape index (κ3) is 5.13. The molecule has 0 spiro atoms. The molecule has 0 saturated heterocycles. The molecular formula is C16H16F2N4O3. The largest absolute Gasteiger partial charge is 0.360 e. The third-order valence-electron chi connectivity index (χ3n) is 3.04. The number of benzene rings is 1. The Morgan fingerprint density at radius 1 is 1.32 bits per heavy atom. The first kappa shape index (κ1) is 18.1. The van der Waals surface area contributed by atoms with E-state index in [1.807, 2.05) is 0 Å². The highest BCUT2D eigenvalue weighted by Gasteiger charge is 2.18. The molecule has 1 aromatic heterocycles. The Labute approximate surface area is 142 Å². The fraction of sp³-hybridized carbons (Fsp3) is 0.188. The summed E-state index contributed by atoms with van der Waals surface area (Å²) in [6.07, 6.45) is 1.41. The van der Waals surface area contributed by atoms with Crippen LogP contribution in [-0.2, 0) is 4.79 Å². The fourth-order valence-electron chi connectivity index (χ4n) is 1.94. The van der Waals surface area contributed by atoms with Crippen molar-refractivity contribution in [3.05, 3.63) is 54.3 Å². The van der Waals surface area contributed by atoms with Crippen molar-refractivity contribution < 1.29 is 22.9 Å². The van der Waals surface area contributed by atoms with Crippen molar-refractivity contribution in [2.24, 2.45) is 0 Å². The maximum absolute atomic E-state index is 13.6. The second kappa shape index (κ2) is 8.04. The number of amides is 3. The smallest absolute Gasteiger partial charge is 0.322 e. The van der Waals surface area contributed by atoms with Crippen molar-refractivity contribution in [2.75, 3.05) is 23.7 Å². The zero-order valence-electron chi connectivity index (χ0n) is 13.4. The van der Waals surface area contributed by atoms with Gasteiger partial charge < -0.3 is 20.1 Å². The summed E-state index contributed by atoms with van der Waals surface area (Å²) in [5.74, 6) is -1.48. The van der Waals surface area contributed by atoms with Crippen LogP contribution in [0.4, 0.5) is 25.1 Å². The number of nitrogens with one attached hydrogen (secondary N) is 2. The maximum Gasteiger partial charge on any atom is 0.322 e. The molecular weight excluding hydrogens is 334 g/mol. The van der Waals surface area contributed by atoms with Gasteiger partial charge in [0.15, 0.2) is 5.82 Å². The normalized spacial score (nSPS) is 10.2. The van der Waals surface area contributed by atoms with Crippen LogP contribution in [0.15, 0.2) is 41.4 Å². The summed E-state index contributed by atoms with van der Waals surface area (Å²) in [5.41, 5.74) is -0.201. The molecule has 2 rings (SSSR count). The molecule has 3 amide bonds. The molecule has 132 valence electrons. The molecule has 0 atom stereocenters. The lowest BCUT2D eigenvalue weighted by atomic mass is 10.3. The van der Waals surface area contributed by atoms with E-state index in [4.69, 9.17) is 4.52 Å². The minimum absolute atomic E-state index is 0.0416. The number of hydrogen-bond acceptors (Lipinski definition) is 4. The van der Waals surface area contributed by atoms with Gasteiger partial charge in [-0.25, -0.2) is 13.6 Å². The first-order chi connectivity index (χ1) is 11.9. The summed E-state index contributed by atoms with van der Waals surface area (Å²) < 4.78 is 31.3. The summed E-state index contributed by atoms with van der Waals surface area (Å²) in [5, 5.41) is 8.36. The molecule has 0 aliphatic carbocycles. The average molecular weight is 350 g/mol. The number of carbonyl (C=O) groups is 2. The Hall–Kier alpha value is -3.23. The van der Waals surface area contributed by atoms with Crippen LogP contribution in [0.1, 0.15) is 5.76 Å². The van der Waals surface area contributed by atoms with E-state index in [0.29, 0.717) is 11.8 Å². The topological polar surface area (TPSA) is 87.5 Å². The second-order valence-electron chi connectivity index (χ2n) is 5.09. The molecule has 0 aliphatic heterocycles. The molecule has 7 nitrogen and oxygen atoms in total. The summed E-state index contributed by atoms with van der Waals surface area (Å²) in [6, 6.07) is 3.52. The van der Waals surface area contributed by atoms with Gasteiger partial charge in [-0.15, -0.1) is 6.58 Å². The van der Waals surface area contributed by atoms with Crippen LogP contribution in [0.5, 0.6) is 0 Å². The van der Waals surface area contributed by atoms with Crippen LogP contribution in [0.2, 0.25) is 0 Å². The van der Waals surface area contributed by atoms with Crippen LogP contribution < -0.4 is 10.6 Å². The fourth-order valence-corrected chi connectivity index (χ4v) is 1.94. The molecule has 25 heavy (non-hydrogen) atoms. The zero-order chi connectivity index (χ0) is 18.4. The van der Waals surface area contributed by atoms with Gasteiger partial charge in [0.1, 0.15) is 23.9 Å². The van der Waals surface area contributed by atoms with E-state index in [1.165, 1.54) is 12.1 Å². The minimum atomic E-state index is -0.922. The molecule has 0 fully saturated rings. The first-order valence-electron chi connectivity index (χ1n) is 7.24. The maximum atomic E-state index is 13.6. The zero-order valence-corrected chi connectivity index (χ0v) is 13.4. The Kier molecular flexibility index (Phi) is 5.83. The van der Waals surface area contributed by atoms with Gasteiger partial charge in [-0.2, -0.15) is 0 Å². The number of carbonyl (C=O) groups excluding carboxylic acids is 2. The van der Waals surface area contributed by atoms with Crippen LogP contribution in [0, 0.1) is 18.6 Å². The van der Waals surface area contributed by atoms with Gasteiger partial charge >= 0.3 is 6.03 Å². The predicted octanol–water partition coefficient (Wildman–Crippen LogP) is 2.92. The standard InChI is InChI=1S/C16H16F2N4O3/c1-3-6-22(9-15(23)20-14-7-10(2)25-21-14)16(24)19-13-5-4-11(17)8-12(13)18/h3-5,7-8H,1,6,9H2,2H3,(H,19,24)(H,20,21,23). The lowest BCUT2D eigenvalue weighted by Gasteiger charge is -2.21. The monoisotopic (exact) mass is 350 g/mol. The molecule has 2 N–H and O–H groups in total. The highest BCUT2D eigenvalue weighted by Crippen LogP contribution is 2.15. The molecule has 9 heteroatoms. The Balaban J connectivity index is 2.01. The number of nitrogens with zero attached hydrogens (tertiary/aromatic N) is 2. The van der Waals surface area contributed by atoms with E-state index >= 15 is 0 Å². The number of halogens is 2. The Morgan fingerprint density at radius 3 is 2.68 bits per heavy atom. The summed E-state index contributed by atoms with van der Waals surface area (Å²) >= 11 is 0. The number of urea groups is 1. The van der Waals surface area contributed by atoms with Crippen molar-refractivity contribution in [2.45, 2.75) is 6.92 Å². The Bertz CT molecular complexity index is 791. The summed E-state index contributed by atoms with van der Waals surface area (Å²) in [7, 11) is 0. The molecule has 0 aliphatic rings. The number of aryl methyl sites for hydroxylation is 1. The van der Waals surface area contributed by atoms with Gasteiger partial charge in [0, 0.05) is 18.7 Å². The predicted molar refractivity (Wildman–Crippen MR) is 87.0 cm³/mol. The summed E-state index contributed by atoms with van der Waals surface area (Å²) in [6.45, 7) is 4.89. The minimum Gasteiger partial charge on any atom is -0.360 e. The second-order valence-corrected chi connectivity index (χ2v) is 5.09. The van der Waals surface area contributed by atoms with Crippen molar-refractivity contribution >= 4 is 23.4 Å². The van der Waals surface area contributed by atoms with Crippen LogP contribution in [0.25, 0.3) is 0 Å². The van der Waals surface area contributed by atoms with Crippen molar-refractivity contribution in [3.8, 4) is 0 Å². The molecule has 0 radical (unpaired) electrons. The highest BCUT2D eigenvalue weighted by molar-refractivity contribution is 5.96. The van der Waals surface area contributed by atoms with E-state index in [9.17, 15) is 18.4 Å². The number of rotatable bonds is 6. The van der Waals surface area contributed by atoms with Crippen molar-refractivity contribution in [1.82, 2.24) is 10.1 Å². The molecule has 0 saturated carbocycles. The van der Waals surface area contributed by atoms with E-state index < -0.39 is 23.6 Å². The number of aromatic nitrogens is 1. The van der Waals surface area contributed by atoms with Gasteiger partial charge in [0.25, 0.3) is 0 Å². The van der Waals surface area contributed by atoms with Gasteiger partial charge in [-0.3, -0.25) is 4.79 Å². The molecule has 0 bridgehead atoms. The van der Waals surface area contributed by atoms with Crippen molar-refractivity contribution in [3.63, 3.8) is 0 Å². The number of anilines is 2. The number of hydrogen-bond donors (Lipinski definition) is 2. The van der Waals surface area contributed by atoms with Crippen LogP contribution >= 0.6 is 0 Å². The highest BCUT2D eigenvalue weighted by atomic mass is 19.1. The molecule has 1 heterocycles. The average Bonchev–Trinajstić information content (AvgIpc) is 2.94. The molecule has 1 aromatic carbocycles. The first-order valence-corrected chi connectivity index (χ1v) is 7.24. The van der Waals surface area contributed by atoms with E-state index in [0.717, 1.165) is 17.0 Å². The summed E-state index contributed by atoms with van der Waals surface area (Å²) in [4.78, 5) is 25.3. The van der Waals surface area contributed by atoms with Gasteiger partial charge in [-0.1, -0.05) is 11.2 Å². The third-order valence-corrected chi connectivity index (χ3v) is 3.04. The molecule has 2 aromatic rings. The quantitative estimate of drug-likeness (QED) is 0.784. The van der Waals surface area contributed by atoms with E-state index in [-0.39, 0.29) is 24.6 Å². The van der Waals surface area contributed by atoms with E-state index in [2.05, 4.69) is 22.4 Å². The van der Waals surface area contributed by atoms with Gasteiger partial charge in [-0.05, 0) is 19.1 Å². The molecule has 0 unspecified atom stereocenters. The lowest BCUT2D eigenvalue weighted by Crippen LogP contribution is -2.40. The lowest BCUT2D eigenvalue weighted by molar-refractivity contribution is -0.116. The van der Waals surface area contributed by atoms with Gasteiger partial charge in [0.2, 0.25) is 5.91 Å². The van der Waals surface area contributed by atoms with Crippen LogP contribution in [0.3, 0.4) is 0 Å².